The molecule has 74 heavy (non-hydrogen) atoms. The number of unbranched alkanes of at least 4 members (excludes halogenated alkanes) is 32. The van der Waals surface area contributed by atoms with Crippen LogP contribution in [-0.4, -0.2) is 24.9 Å². The second-order valence-corrected chi connectivity index (χ2v) is 22.6. The first-order valence-corrected chi connectivity index (χ1v) is 32.2. The average molecular weight is 1020 g/mol. The van der Waals surface area contributed by atoms with E-state index in [0.717, 1.165) is 47.5 Å². The SMILES string of the molecule is CC.CCCCCCCCCCCCC(CCCCCCCCCC)CN1C(=O)C(c2ccco2)=c2cc3c(cc21)=C(c1ccco1)C(=O)N3CC(CCCCCCCCCC)CCCCCCCCCCCC. The molecule has 418 valence electrons. The van der Waals surface area contributed by atoms with Crippen LogP contribution in [0, 0.1) is 11.8 Å². The smallest absolute Gasteiger partial charge is 0.262 e. The number of carbonyl (C=O) groups is 2. The number of hydrogen-bond donors (Lipinski definition) is 0. The Labute approximate surface area is 454 Å². The lowest BCUT2D eigenvalue weighted by molar-refractivity contribution is -0.114. The van der Waals surface area contributed by atoms with E-state index in [-0.39, 0.29) is 11.8 Å². The molecule has 1 aromatic carbocycles. The van der Waals surface area contributed by atoms with Crippen molar-refractivity contribution < 1.29 is 18.4 Å². The summed E-state index contributed by atoms with van der Waals surface area (Å²) >= 11 is 0. The van der Waals surface area contributed by atoms with Crippen molar-refractivity contribution in [1.29, 1.82) is 0 Å². The van der Waals surface area contributed by atoms with Crippen molar-refractivity contribution in [1.82, 2.24) is 0 Å². The minimum absolute atomic E-state index is 0.0265. The molecule has 2 amide bonds. The monoisotopic (exact) mass is 1020 g/mol. The number of amides is 2. The Balaban J connectivity index is 0.00000585. The zero-order valence-corrected chi connectivity index (χ0v) is 49.0. The largest absolute Gasteiger partial charge is 0.464 e. The van der Waals surface area contributed by atoms with E-state index in [1.54, 1.807) is 12.5 Å². The summed E-state index contributed by atoms with van der Waals surface area (Å²) in [6.45, 7) is 14.6. The predicted octanol–water partition coefficient (Wildman–Crippen LogP) is 19.9. The van der Waals surface area contributed by atoms with Crippen LogP contribution in [0.25, 0.3) is 11.1 Å². The van der Waals surface area contributed by atoms with E-state index in [1.165, 1.54) is 231 Å². The van der Waals surface area contributed by atoms with Gasteiger partial charge >= 0.3 is 0 Å². The molecule has 2 unspecified atom stereocenters. The fourth-order valence-electron chi connectivity index (χ4n) is 12.0. The molecule has 2 aliphatic heterocycles. The Bertz CT molecular complexity index is 1850. The molecule has 0 aliphatic carbocycles. The fourth-order valence-corrected chi connectivity index (χ4v) is 12.0. The van der Waals surface area contributed by atoms with Crippen molar-refractivity contribution in [2.75, 3.05) is 22.9 Å². The highest BCUT2D eigenvalue weighted by atomic mass is 16.3. The van der Waals surface area contributed by atoms with Crippen molar-refractivity contribution in [3.63, 3.8) is 0 Å². The Kier molecular flexibility index (Phi) is 33.9. The van der Waals surface area contributed by atoms with E-state index in [9.17, 15) is 0 Å². The molecule has 2 aliphatic rings. The predicted molar refractivity (Wildman–Crippen MR) is 319 cm³/mol. The van der Waals surface area contributed by atoms with E-state index in [1.807, 2.05) is 38.1 Å². The molecule has 4 heterocycles. The van der Waals surface area contributed by atoms with E-state index in [2.05, 4.69) is 49.6 Å². The lowest BCUT2D eigenvalue weighted by Crippen LogP contribution is -2.35. The Hall–Kier alpha value is -3.54. The number of hydrogen-bond acceptors (Lipinski definition) is 4. The van der Waals surface area contributed by atoms with Gasteiger partial charge in [0.2, 0.25) is 0 Å². The third-order valence-corrected chi connectivity index (χ3v) is 16.4. The molecule has 0 radical (unpaired) electrons. The van der Waals surface area contributed by atoms with Gasteiger partial charge in [-0.25, -0.2) is 0 Å². The second kappa shape index (κ2) is 39.8. The molecule has 2 aromatic heterocycles. The number of furan rings is 2. The van der Waals surface area contributed by atoms with Gasteiger partial charge in [0, 0.05) is 23.5 Å². The Morgan fingerprint density at radius 1 is 0.365 bits per heavy atom. The summed E-state index contributed by atoms with van der Waals surface area (Å²) in [5.74, 6) is 2.09. The third-order valence-electron chi connectivity index (χ3n) is 16.4. The highest BCUT2D eigenvalue weighted by Crippen LogP contribution is 2.34. The van der Waals surface area contributed by atoms with Crippen LogP contribution in [0.2, 0.25) is 0 Å². The summed E-state index contributed by atoms with van der Waals surface area (Å²) in [6.07, 6.45) is 55.4. The van der Waals surface area contributed by atoms with Crippen molar-refractivity contribution in [2.24, 2.45) is 11.8 Å². The Morgan fingerprint density at radius 3 is 0.838 bits per heavy atom. The normalized spacial score (nSPS) is 14.0. The summed E-state index contributed by atoms with van der Waals surface area (Å²) in [4.78, 5) is 34.2. The zero-order chi connectivity index (χ0) is 52.9. The van der Waals surface area contributed by atoms with E-state index < -0.39 is 0 Å². The van der Waals surface area contributed by atoms with Gasteiger partial charge < -0.3 is 18.6 Å². The van der Waals surface area contributed by atoms with Gasteiger partial charge in [-0.15, -0.1) is 0 Å². The van der Waals surface area contributed by atoms with Gasteiger partial charge in [0.15, 0.2) is 0 Å². The van der Waals surface area contributed by atoms with Crippen molar-refractivity contribution in [3.8, 4) is 0 Å². The standard InChI is InChI=1S/C66H106N2O4.C2H6/c1-5-9-13-17-21-25-27-31-35-39-45-55(43-37-33-29-23-19-15-11-7-3)53-67-59-51-58-60(52-57(59)63(65(67)69)61-47-41-49-71-61)68(66(70)64(58)62-48-42-50-72-62)54-56(44-38-34-30-24-20-16-12-8-4)46-40-36-32-28-26-22-18-14-10-6-2;1-2/h41-42,47-52,55-56H,5-40,43-46,53-54H2,1-4H3;1-2H3. The van der Waals surface area contributed by atoms with Crippen LogP contribution in [0.5, 0.6) is 0 Å². The quantitative estimate of drug-likeness (QED) is 0.0529. The molecule has 0 N–H and O–H groups in total. The molecule has 0 saturated carbocycles. The van der Waals surface area contributed by atoms with Crippen LogP contribution in [0.3, 0.4) is 0 Å². The summed E-state index contributed by atoms with van der Waals surface area (Å²) in [5, 5.41) is 1.79. The summed E-state index contributed by atoms with van der Waals surface area (Å²) in [6, 6.07) is 12.0. The topological polar surface area (TPSA) is 66.9 Å². The van der Waals surface area contributed by atoms with Crippen LogP contribution in [0.15, 0.2) is 57.8 Å². The van der Waals surface area contributed by atoms with Crippen LogP contribution < -0.4 is 20.2 Å². The first-order chi connectivity index (χ1) is 36.5. The van der Waals surface area contributed by atoms with Gasteiger partial charge in [0.25, 0.3) is 11.8 Å². The van der Waals surface area contributed by atoms with Gasteiger partial charge in [0.05, 0.1) is 35.0 Å². The maximum absolute atomic E-state index is 15.0. The van der Waals surface area contributed by atoms with Gasteiger partial charge in [-0.3, -0.25) is 9.59 Å². The molecular weight excluding hydrogens is 909 g/mol. The second-order valence-electron chi connectivity index (χ2n) is 22.6. The third kappa shape index (κ3) is 22.2. The molecule has 6 heteroatoms. The van der Waals surface area contributed by atoms with Gasteiger partial charge in [-0.05, 0) is 73.9 Å². The number of rotatable bonds is 46. The first-order valence-electron chi connectivity index (χ1n) is 32.2. The summed E-state index contributed by atoms with van der Waals surface area (Å²) in [7, 11) is 0. The molecule has 6 nitrogen and oxygen atoms in total. The lowest BCUT2D eigenvalue weighted by atomic mass is 9.93. The number of nitrogens with zero attached hydrogens (tertiary/aromatic N) is 2. The van der Waals surface area contributed by atoms with Crippen LogP contribution in [0.1, 0.15) is 310 Å². The first kappa shape index (κ1) is 63.0. The maximum atomic E-state index is 15.0. The zero-order valence-electron chi connectivity index (χ0n) is 49.0. The molecule has 0 saturated heterocycles. The van der Waals surface area contributed by atoms with Crippen LogP contribution >= 0.6 is 0 Å². The van der Waals surface area contributed by atoms with Crippen molar-refractivity contribution in [2.45, 2.75) is 298 Å². The highest BCUT2D eigenvalue weighted by Gasteiger charge is 2.38. The molecule has 2 atom stereocenters. The molecule has 0 bridgehead atoms. The number of carbonyl (C=O) groups excluding carboxylic acids is 2. The summed E-state index contributed by atoms with van der Waals surface area (Å²) < 4.78 is 12.2. The Morgan fingerprint density at radius 2 is 0.608 bits per heavy atom. The van der Waals surface area contributed by atoms with Gasteiger partial charge in [-0.2, -0.15) is 0 Å². The fraction of sp³-hybridized carbons (Fsp3) is 0.735. The van der Waals surface area contributed by atoms with Crippen LogP contribution in [0.4, 0.5) is 11.4 Å². The molecule has 0 spiro atoms. The number of fused-ring (bicyclic) bond motifs is 2. The number of anilines is 2. The minimum Gasteiger partial charge on any atom is -0.464 e. The highest BCUT2D eigenvalue weighted by molar-refractivity contribution is 6.31. The minimum atomic E-state index is 0.0265. The van der Waals surface area contributed by atoms with Crippen molar-refractivity contribution in [3.05, 3.63) is 70.9 Å². The maximum Gasteiger partial charge on any atom is 0.262 e. The molecular formula is C68H112N2O4. The van der Waals surface area contributed by atoms with Crippen molar-refractivity contribution >= 4 is 34.3 Å². The molecule has 5 rings (SSSR count). The average Bonchev–Trinajstić information content (AvgIpc) is 4.24. The van der Waals surface area contributed by atoms with Gasteiger partial charge in [-0.1, -0.05) is 273 Å². The van der Waals surface area contributed by atoms with Gasteiger partial charge in [0.1, 0.15) is 11.5 Å². The van der Waals surface area contributed by atoms with Crippen LogP contribution in [-0.2, 0) is 9.59 Å². The molecule has 3 aromatic rings. The number of benzene rings is 1. The molecule has 0 fully saturated rings. The van der Waals surface area contributed by atoms with E-state index >= 15 is 9.59 Å². The van der Waals surface area contributed by atoms with E-state index in [0.29, 0.717) is 47.6 Å². The summed E-state index contributed by atoms with van der Waals surface area (Å²) in [5.41, 5.74) is 3.08. The van der Waals surface area contributed by atoms with E-state index in [4.69, 9.17) is 8.83 Å². The lowest BCUT2D eigenvalue weighted by Gasteiger charge is -2.27.